The van der Waals surface area contributed by atoms with Crippen LogP contribution in [0, 0.1) is 0 Å². The van der Waals surface area contributed by atoms with Gasteiger partial charge in [-0.1, -0.05) is 42.5 Å². The monoisotopic (exact) mass is 365 g/mol. The zero-order valence-corrected chi connectivity index (χ0v) is 13.9. The van der Waals surface area contributed by atoms with Crippen LogP contribution in [0.4, 0.5) is 13.2 Å². The number of nitrogens with one attached hydrogen (secondary N) is 1. The Morgan fingerprint density at radius 1 is 0.962 bits per heavy atom. The van der Waals surface area contributed by atoms with Gasteiger partial charge in [-0.2, -0.15) is 13.2 Å². The number of alkyl halides is 3. The molecule has 0 saturated carbocycles. The number of benzene rings is 2. The number of rotatable bonds is 7. The van der Waals surface area contributed by atoms with E-state index in [0.29, 0.717) is 13.0 Å². The largest absolute Gasteiger partial charge is 0.452 e. The van der Waals surface area contributed by atoms with E-state index in [-0.39, 0.29) is 0 Å². The van der Waals surface area contributed by atoms with E-state index < -0.39 is 35.8 Å². The van der Waals surface area contributed by atoms with Crippen molar-refractivity contribution in [2.75, 3.05) is 13.2 Å². The molecule has 2 aromatic rings. The van der Waals surface area contributed by atoms with Crippen LogP contribution in [0.2, 0.25) is 0 Å². The summed E-state index contributed by atoms with van der Waals surface area (Å²) in [4.78, 5) is 23.5. The lowest BCUT2D eigenvalue weighted by Gasteiger charge is -2.12. The second-order valence-electron chi connectivity index (χ2n) is 5.56. The van der Waals surface area contributed by atoms with Crippen LogP contribution in [0.25, 0.3) is 0 Å². The van der Waals surface area contributed by atoms with Crippen LogP contribution >= 0.6 is 0 Å². The third-order valence-corrected chi connectivity index (χ3v) is 3.59. The van der Waals surface area contributed by atoms with E-state index in [2.05, 4.69) is 5.32 Å². The van der Waals surface area contributed by atoms with Crippen molar-refractivity contribution in [2.45, 2.75) is 19.0 Å². The number of ether oxygens (including phenoxy) is 1. The van der Waals surface area contributed by atoms with E-state index in [4.69, 9.17) is 4.74 Å². The Balaban J connectivity index is 1.76. The normalized spacial score (nSPS) is 11.0. The van der Waals surface area contributed by atoms with Crippen molar-refractivity contribution in [3.63, 3.8) is 0 Å². The van der Waals surface area contributed by atoms with Gasteiger partial charge in [0, 0.05) is 6.54 Å². The fraction of sp³-hybridized carbons (Fsp3) is 0.263. The average molecular weight is 365 g/mol. The number of halogens is 3. The Hall–Kier alpha value is -2.83. The molecule has 0 unspecified atom stereocenters. The number of carbonyl (C=O) groups is 2. The summed E-state index contributed by atoms with van der Waals surface area (Å²) in [6, 6.07) is 14.0. The van der Waals surface area contributed by atoms with Crippen molar-refractivity contribution in [2.24, 2.45) is 0 Å². The lowest BCUT2D eigenvalue weighted by Crippen LogP contribution is -2.30. The second-order valence-corrected chi connectivity index (χ2v) is 5.56. The highest BCUT2D eigenvalue weighted by molar-refractivity contribution is 5.92. The average Bonchev–Trinajstić information content (AvgIpc) is 2.63. The number of hydrogen-bond acceptors (Lipinski definition) is 3. The molecular formula is C19H18F3NO3. The molecule has 0 aliphatic carbocycles. The minimum atomic E-state index is -4.67. The Morgan fingerprint density at radius 2 is 1.62 bits per heavy atom. The molecule has 0 radical (unpaired) electrons. The van der Waals surface area contributed by atoms with E-state index in [9.17, 15) is 22.8 Å². The number of aryl methyl sites for hydroxylation is 1. The molecule has 0 spiro atoms. The van der Waals surface area contributed by atoms with Crippen molar-refractivity contribution in [3.05, 3.63) is 71.3 Å². The maximum absolute atomic E-state index is 12.9. The molecule has 7 heteroatoms. The van der Waals surface area contributed by atoms with Gasteiger partial charge in [0.1, 0.15) is 0 Å². The molecule has 26 heavy (non-hydrogen) atoms. The molecule has 2 aromatic carbocycles. The molecule has 0 atom stereocenters. The van der Waals surface area contributed by atoms with Crippen LogP contribution in [0.1, 0.15) is 27.9 Å². The van der Waals surface area contributed by atoms with Crippen molar-refractivity contribution >= 4 is 11.9 Å². The van der Waals surface area contributed by atoms with Gasteiger partial charge in [0.25, 0.3) is 5.91 Å². The van der Waals surface area contributed by atoms with Gasteiger partial charge in [0.2, 0.25) is 0 Å². The van der Waals surface area contributed by atoms with Gasteiger partial charge in [0.05, 0.1) is 11.1 Å². The van der Waals surface area contributed by atoms with Crippen molar-refractivity contribution < 1.29 is 27.5 Å². The molecule has 0 heterocycles. The SMILES string of the molecule is O=C(COC(=O)c1ccccc1C(F)(F)F)NCCCc1ccccc1. The quantitative estimate of drug-likeness (QED) is 0.602. The van der Waals surface area contributed by atoms with Gasteiger partial charge in [0.15, 0.2) is 6.61 Å². The Kier molecular flexibility index (Phi) is 6.77. The third-order valence-electron chi connectivity index (χ3n) is 3.59. The highest BCUT2D eigenvalue weighted by Gasteiger charge is 2.35. The van der Waals surface area contributed by atoms with Gasteiger partial charge in [-0.15, -0.1) is 0 Å². The molecule has 4 nitrogen and oxygen atoms in total. The zero-order chi connectivity index (χ0) is 19.0. The zero-order valence-electron chi connectivity index (χ0n) is 13.9. The van der Waals surface area contributed by atoms with E-state index in [0.717, 1.165) is 24.1 Å². The number of hydrogen-bond donors (Lipinski definition) is 1. The summed E-state index contributed by atoms with van der Waals surface area (Å²) in [6.07, 6.45) is -3.20. The molecule has 138 valence electrons. The first-order valence-electron chi connectivity index (χ1n) is 8.02. The lowest BCUT2D eigenvalue weighted by molar-refractivity contribution is -0.138. The molecule has 1 N–H and O–H groups in total. The summed E-state index contributed by atoms with van der Waals surface area (Å²) in [5.74, 6) is -1.74. The Morgan fingerprint density at radius 3 is 2.31 bits per heavy atom. The fourth-order valence-electron chi connectivity index (χ4n) is 2.33. The van der Waals surface area contributed by atoms with Gasteiger partial charge in [-0.3, -0.25) is 4.79 Å². The predicted octanol–water partition coefficient (Wildman–Crippen LogP) is 3.61. The van der Waals surface area contributed by atoms with Gasteiger partial charge < -0.3 is 10.1 Å². The minimum Gasteiger partial charge on any atom is -0.452 e. The lowest BCUT2D eigenvalue weighted by atomic mass is 10.1. The molecule has 0 bridgehead atoms. The van der Waals surface area contributed by atoms with Crippen LogP contribution in [-0.4, -0.2) is 25.0 Å². The smallest absolute Gasteiger partial charge is 0.417 e. The van der Waals surface area contributed by atoms with Crippen LogP contribution in [0.5, 0.6) is 0 Å². The summed E-state index contributed by atoms with van der Waals surface area (Å²) in [5.41, 5.74) is -0.568. The maximum Gasteiger partial charge on any atom is 0.417 e. The standard InChI is InChI=1S/C19H18F3NO3/c20-19(21,22)16-11-5-4-10-15(16)18(25)26-13-17(24)23-12-6-9-14-7-2-1-3-8-14/h1-5,7-8,10-11H,6,9,12-13H2,(H,23,24). The minimum absolute atomic E-state index is 0.379. The van der Waals surface area contributed by atoms with E-state index >= 15 is 0 Å². The van der Waals surface area contributed by atoms with Crippen LogP contribution < -0.4 is 5.32 Å². The third kappa shape index (κ3) is 5.91. The summed E-state index contributed by atoms with van der Waals surface area (Å²) in [6.45, 7) is -0.249. The van der Waals surface area contributed by atoms with Gasteiger partial charge >= 0.3 is 12.1 Å². The molecule has 0 aliphatic heterocycles. The van der Waals surface area contributed by atoms with E-state index in [1.165, 1.54) is 12.1 Å². The molecule has 0 aliphatic rings. The first-order chi connectivity index (χ1) is 12.4. The van der Waals surface area contributed by atoms with Crippen LogP contribution in [0.3, 0.4) is 0 Å². The van der Waals surface area contributed by atoms with Crippen molar-refractivity contribution in [1.29, 1.82) is 0 Å². The molecule has 1 amide bonds. The highest BCUT2D eigenvalue weighted by atomic mass is 19.4. The second kappa shape index (κ2) is 9.03. The molecule has 0 saturated heterocycles. The Labute approximate surface area is 149 Å². The maximum atomic E-state index is 12.9. The molecule has 2 rings (SSSR count). The summed E-state index contributed by atoms with van der Waals surface area (Å²) >= 11 is 0. The number of amides is 1. The van der Waals surface area contributed by atoms with Crippen molar-refractivity contribution in [3.8, 4) is 0 Å². The van der Waals surface area contributed by atoms with E-state index in [1.807, 2.05) is 30.3 Å². The summed E-state index contributed by atoms with van der Waals surface area (Å²) in [5, 5.41) is 2.57. The van der Waals surface area contributed by atoms with Gasteiger partial charge in [-0.05, 0) is 30.5 Å². The molecule has 0 aromatic heterocycles. The van der Waals surface area contributed by atoms with E-state index in [1.54, 1.807) is 0 Å². The van der Waals surface area contributed by atoms with Crippen LogP contribution in [-0.2, 0) is 22.1 Å². The Bertz CT molecular complexity index is 745. The van der Waals surface area contributed by atoms with Crippen molar-refractivity contribution in [1.82, 2.24) is 5.32 Å². The number of esters is 1. The summed E-state index contributed by atoms with van der Waals surface area (Å²) < 4.78 is 43.3. The highest BCUT2D eigenvalue weighted by Crippen LogP contribution is 2.32. The number of carbonyl (C=O) groups excluding carboxylic acids is 2. The fourth-order valence-corrected chi connectivity index (χ4v) is 2.33. The summed E-state index contributed by atoms with van der Waals surface area (Å²) in [7, 11) is 0. The molecule has 0 fully saturated rings. The van der Waals surface area contributed by atoms with Crippen LogP contribution in [0.15, 0.2) is 54.6 Å². The predicted molar refractivity (Wildman–Crippen MR) is 89.5 cm³/mol. The first kappa shape index (κ1) is 19.5. The van der Waals surface area contributed by atoms with Gasteiger partial charge in [-0.25, -0.2) is 4.79 Å². The molecular weight excluding hydrogens is 347 g/mol. The first-order valence-corrected chi connectivity index (χ1v) is 8.02. The topological polar surface area (TPSA) is 55.4 Å².